The van der Waals surface area contributed by atoms with Gasteiger partial charge in [0.15, 0.2) is 0 Å². The molecule has 0 saturated heterocycles. The summed E-state index contributed by atoms with van der Waals surface area (Å²) in [6.07, 6.45) is 17.2. The fraction of sp³-hybridized carbons (Fsp3) is 0.270. The highest BCUT2D eigenvalue weighted by atomic mass is 16.5. The van der Waals surface area contributed by atoms with Crippen molar-refractivity contribution in [3.63, 3.8) is 0 Å². The quantitative estimate of drug-likeness (QED) is 0.0501. The zero-order chi connectivity index (χ0) is 54.1. The molecule has 0 radical (unpaired) electrons. The third-order valence-electron chi connectivity index (χ3n) is 16.7. The Hall–Kier alpha value is -7.90. The van der Waals surface area contributed by atoms with Gasteiger partial charge in [-0.2, -0.15) is 0 Å². The molecule has 0 amide bonds. The fourth-order valence-electron chi connectivity index (χ4n) is 12.7. The van der Waals surface area contributed by atoms with Gasteiger partial charge in [0.05, 0.1) is 24.0 Å². The van der Waals surface area contributed by atoms with Crippen molar-refractivity contribution in [1.29, 1.82) is 0 Å². The van der Waals surface area contributed by atoms with E-state index < -0.39 is 11.1 Å². The maximum Gasteiger partial charge on any atom is 0.121 e. The van der Waals surface area contributed by atoms with E-state index in [4.69, 9.17) is 19.4 Å². The molecule has 404 valence electrons. The molecule has 6 heteroatoms. The van der Waals surface area contributed by atoms with E-state index in [0.717, 1.165) is 90.6 Å². The van der Waals surface area contributed by atoms with Gasteiger partial charge in [-0.25, -0.2) is 9.97 Å². The number of rotatable bonds is 22. The standard InChI is InChI=1S/2C37H38N2O/c1-5-15-30(16-6-1)17-13-14-26-40-28-31-24-25-36-35(27-31)38-29-39(36)37(32-18-7-2-8-19-32,33-20-9-3-10-21-33)34-22-11-4-12-23-34;1-5-15-30(16-6-1)17-13-14-26-40-28-31-24-25-35-36(27-31)39(29-38-35)37(32-18-7-2-8-19-32,33-20-9-3-10-21-33)34-22-11-4-12-23-34/h2*1-12,15-16,18-23,29,31H,13-14,17,24-28H2. The monoisotopic (exact) mass is 1050 g/mol. The minimum atomic E-state index is -0.509. The summed E-state index contributed by atoms with van der Waals surface area (Å²) in [4.78, 5) is 10.1. The lowest BCUT2D eigenvalue weighted by molar-refractivity contribution is 0.0904. The Balaban J connectivity index is 0.000000169. The first-order valence-corrected chi connectivity index (χ1v) is 29.4. The molecule has 10 aromatic rings. The van der Waals surface area contributed by atoms with Gasteiger partial charge >= 0.3 is 0 Å². The van der Waals surface area contributed by atoms with Gasteiger partial charge in [0.2, 0.25) is 0 Å². The summed E-state index contributed by atoms with van der Waals surface area (Å²) in [5.74, 6) is 1.02. The Labute approximate surface area is 475 Å². The normalized spacial score (nSPS) is 15.1. The molecule has 2 unspecified atom stereocenters. The minimum absolute atomic E-state index is 0.494. The molecule has 0 spiro atoms. The average Bonchev–Trinajstić information content (AvgIpc) is 4.33. The maximum atomic E-state index is 6.25. The summed E-state index contributed by atoms with van der Waals surface area (Å²) in [6, 6.07) is 86.9. The van der Waals surface area contributed by atoms with E-state index in [1.807, 2.05) is 0 Å². The Morgan fingerprint density at radius 3 is 1.06 bits per heavy atom. The van der Waals surface area contributed by atoms with Crippen molar-refractivity contribution in [2.75, 3.05) is 26.4 Å². The van der Waals surface area contributed by atoms with Crippen LogP contribution in [0.3, 0.4) is 0 Å². The highest BCUT2D eigenvalue weighted by molar-refractivity contribution is 5.53. The number of unbranched alkanes of at least 4 members (excludes halogenated alkanes) is 2. The molecule has 8 aromatic carbocycles. The lowest BCUT2D eigenvalue weighted by Gasteiger charge is -2.39. The average molecular weight is 1050 g/mol. The summed E-state index contributed by atoms with van der Waals surface area (Å²) in [7, 11) is 0. The molecule has 6 nitrogen and oxygen atoms in total. The second-order valence-electron chi connectivity index (χ2n) is 21.9. The summed E-state index contributed by atoms with van der Waals surface area (Å²) in [6.45, 7) is 3.30. The molecule has 0 saturated carbocycles. The second-order valence-corrected chi connectivity index (χ2v) is 21.9. The van der Waals surface area contributed by atoms with Gasteiger partial charge in [-0.15, -0.1) is 0 Å². The van der Waals surface area contributed by atoms with Gasteiger partial charge in [0.25, 0.3) is 0 Å². The van der Waals surface area contributed by atoms with Gasteiger partial charge in [0.1, 0.15) is 11.1 Å². The van der Waals surface area contributed by atoms with E-state index >= 15 is 0 Å². The Kier molecular flexibility index (Phi) is 18.1. The number of aromatic nitrogens is 4. The van der Waals surface area contributed by atoms with Crippen LogP contribution in [0.4, 0.5) is 0 Å². The number of nitrogens with zero attached hydrogens (tertiary/aromatic N) is 4. The van der Waals surface area contributed by atoms with Crippen LogP contribution >= 0.6 is 0 Å². The van der Waals surface area contributed by atoms with E-state index in [1.165, 1.54) is 80.1 Å². The molecule has 12 rings (SSSR count). The van der Waals surface area contributed by atoms with Gasteiger partial charge in [-0.05, 0) is 133 Å². The summed E-state index contributed by atoms with van der Waals surface area (Å²) in [5, 5.41) is 0. The van der Waals surface area contributed by atoms with Crippen molar-refractivity contribution in [2.24, 2.45) is 11.8 Å². The Morgan fingerprint density at radius 2 is 0.675 bits per heavy atom. The van der Waals surface area contributed by atoms with Crippen LogP contribution in [0.25, 0.3) is 0 Å². The molecular weight excluding hydrogens is 977 g/mol. The number of ether oxygens (including phenoxy) is 2. The van der Waals surface area contributed by atoms with Crippen LogP contribution in [-0.4, -0.2) is 45.5 Å². The number of imidazole rings is 2. The first-order chi connectivity index (χ1) is 39.7. The molecule has 0 N–H and O–H groups in total. The van der Waals surface area contributed by atoms with Gasteiger partial charge in [-0.3, -0.25) is 0 Å². The van der Waals surface area contributed by atoms with E-state index in [2.05, 4.69) is 264 Å². The van der Waals surface area contributed by atoms with E-state index in [-0.39, 0.29) is 0 Å². The van der Waals surface area contributed by atoms with E-state index in [1.54, 1.807) is 0 Å². The van der Waals surface area contributed by atoms with Crippen molar-refractivity contribution >= 4 is 0 Å². The smallest absolute Gasteiger partial charge is 0.121 e. The number of hydrogen-bond acceptors (Lipinski definition) is 4. The van der Waals surface area contributed by atoms with Crippen LogP contribution in [0.15, 0.2) is 255 Å². The number of aryl methyl sites for hydroxylation is 3. The predicted octanol–water partition coefficient (Wildman–Crippen LogP) is 15.7. The maximum absolute atomic E-state index is 6.25. The number of benzene rings is 8. The largest absolute Gasteiger partial charge is 0.381 e. The van der Waals surface area contributed by atoms with Crippen LogP contribution in [0.1, 0.15) is 106 Å². The second kappa shape index (κ2) is 26.8. The molecule has 80 heavy (non-hydrogen) atoms. The fourth-order valence-corrected chi connectivity index (χ4v) is 12.7. The van der Waals surface area contributed by atoms with Gasteiger partial charge in [-0.1, -0.05) is 243 Å². The third kappa shape index (κ3) is 12.1. The van der Waals surface area contributed by atoms with E-state index in [0.29, 0.717) is 11.8 Å². The van der Waals surface area contributed by atoms with Crippen LogP contribution in [-0.2, 0) is 59.1 Å². The third-order valence-corrected chi connectivity index (χ3v) is 16.7. The van der Waals surface area contributed by atoms with E-state index in [9.17, 15) is 0 Å². The van der Waals surface area contributed by atoms with Crippen molar-refractivity contribution in [1.82, 2.24) is 19.1 Å². The molecule has 2 aromatic heterocycles. The summed E-state index contributed by atoms with van der Waals surface area (Å²) in [5.41, 5.74) is 14.4. The lowest BCUT2D eigenvalue weighted by Crippen LogP contribution is -2.39. The summed E-state index contributed by atoms with van der Waals surface area (Å²) >= 11 is 0. The van der Waals surface area contributed by atoms with Crippen molar-refractivity contribution in [3.8, 4) is 0 Å². The van der Waals surface area contributed by atoms with Crippen molar-refractivity contribution in [3.05, 3.63) is 323 Å². The van der Waals surface area contributed by atoms with Crippen LogP contribution in [0.5, 0.6) is 0 Å². The molecule has 2 atom stereocenters. The first-order valence-electron chi connectivity index (χ1n) is 29.4. The van der Waals surface area contributed by atoms with Crippen LogP contribution in [0, 0.1) is 11.8 Å². The van der Waals surface area contributed by atoms with Crippen molar-refractivity contribution < 1.29 is 9.47 Å². The molecule has 0 fully saturated rings. The van der Waals surface area contributed by atoms with Crippen LogP contribution < -0.4 is 0 Å². The topological polar surface area (TPSA) is 54.1 Å². The Morgan fingerprint density at radius 1 is 0.350 bits per heavy atom. The highest BCUT2D eigenvalue weighted by Crippen LogP contribution is 2.45. The Bertz CT molecular complexity index is 3190. The SMILES string of the molecule is c1ccc(CCCCOCC2CCc3c(ncn3C(c3ccccc3)(c3ccccc3)c3ccccc3)C2)cc1.c1ccc(CCCCOCC2CCc3ncn(C(c4ccccc4)(c4ccccc4)c4ccccc4)c3C2)cc1. The molecular formula is C74H76N4O2. The molecule has 2 aliphatic rings. The zero-order valence-corrected chi connectivity index (χ0v) is 46.3. The van der Waals surface area contributed by atoms with Crippen molar-refractivity contribution in [2.45, 2.75) is 88.1 Å². The first kappa shape index (κ1) is 54.1. The minimum Gasteiger partial charge on any atom is -0.381 e. The predicted molar refractivity (Wildman–Crippen MR) is 325 cm³/mol. The number of hydrogen-bond donors (Lipinski definition) is 0. The molecule has 0 aliphatic heterocycles. The number of fused-ring (bicyclic) bond motifs is 2. The van der Waals surface area contributed by atoms with Gasteiger partial charge < -0.3 is 18.6 Å². The molecule has 2 heterocycles. The van der Waals surface area contributed by atoms with Gasteiger partial charge in [0, 0.05) is 37.8 Å². The summed E-state index contributed by atoms with van der Waals surface area (Å²) < 4.78 is 17.4. The highest BCUT2D eigenvalue weighted by Gasteiger charge is 2.43. The molecule has 0 bridgehead atoms. The zero-order valence-electron chi connectivity index (χ0n) is 46.3. The molecule has 2 aliphatic carbocycles. The van der Waals surface area contributed by atoms with Crippen LogP contribution in [0.2, 0.25) is 0 Å². The lowest BCUT2D eigenvalue weighted by atomic mass is 9.76.